The molecule has 0 N–H and O–H groups in total. The summed E-state index contributed by atoms with van der Waals surface area (Å²) in [5.74, 6) is -0.338. The van der Waals surface area contributed by atoms with Crippen molar-refractivity contribution in [3.8, 4) is 11.8 Å². The van der Waals surface area contributed by atoms with Gasteiger partial charge in [0.05, 0.1) is 4.91 Å². The van der Waals surface area contributed by atoms with Crippen LogP contribution in [-0.4, -0.2) is 52.1 Å². The van der Waals surface area contributed by atoms with Crippen molar-refractivity contribution in [2.45, 2.75) is 39.8 Å². The summed E-state index contributed by atoms with van der Waals surface area (Å²) < 4.78 is 5.35. The summed E-state index contributed by atoms with van der Waals surface area (Å²) in [7, 11) is 0. The lowest BCUT2D eigenvalue weighted by Crippen LogP contribution is -2.48. The van der Waals surface area contributed by atoms with Crippen molar-refractivity contribution in [2.75, 3.05) is 13.2 Å². The molecule has 1 saturated heterocycles. The molecule has 0 atom stereocenters. The number of nitriles is 1. The van der Waals surface area contributed by atoms with Crippen LogP contribution in [0.25, 0.3) is 6.08 Å². The monoisotopic (exact) mass is 401 g/mol. The number of hydrogen-bond acceptors (Lipinski definition) is 6. The molecule has 8 heteroatoms. The summed E-state index contributed by atoms with van der Waals surface area (Å²) in [6.45, 7) is 7.16. The van der Waals surface area contributed by atoms with E-state index in [-0.39, 0.29) is 36.0 Å². The second-order valence-corrected chi connectivity index (χ2v) is 7.73. The van der Waals surface area contributed by atoms with Gasteiger partial charge in [-0.1, -0.05) is 18.2 Å². The molecule has 0 unspecified atom stereocenters. The molecule has 7 nitrogen and oxygen atoms in total. The van der Waals surface area contributed by atoms with E-state index in [1.807, 2.05) is 33.8 Å². The molecule has 0 saturated carbocycles. The first kappa shape index (κ1) is 21.5. The van der Waals surface area contributed by atoms with Crippen molar-refractivity contribution in [3.05, 3.63) is 34.7 Å². The third-order valence-electron chi connectivity index (χ3n) is 4.07. The first-order valence-corrected chi connectivity index (χ1v) is 9.73. The Labute approximate surface area is 168 Å². The maximum absolute atomic E-state index is 12.7. The second kappa shape index (κ2) is 9.42. The number of benzene rings is 1. The van der Waals surface area contributed by atoms with Gasteiger partial charge >= 0.3 is 0 Å². The minimum atomic E-state index is -0.508. The molecule has 1 aromatic rings. The summed E-state index contributed by atoms with van der Waals surface area (Å²) in [4.78, 5) is 40.5. The number of hydrogen-bond donors (Lipinski definition) is 0. The predicted molar refractivity (Wildman–Crippen MR) is 107 cm³/mol. The highest BCUT2D eigenvalue weighted by Crippen LogP contribution is 2.34. The van der Waals surface area contributed by atoms with Crippen molar-refractivity contribution >= 4 is 34.9 Å². The molecule has 1 heterocycles. The van der Waals surface area contributed by atoms with Gasteiger partial charge in [0.1, 0.15) is 18.4 Å². The standard InChI is InChI=1S/C20H23N3O4S/c1-13(2)23(14(3)4)18(24)12-22-19(25)17(28-20(22)26)11-15-7-5-6-8-16(15)27-10-9-21/h5-8,11,13-14H,10,12H2,1-4H3/b17-11-. The summed E-state index contributed by atoms with van der Waals surface area (Å²) in [6.07, 6.45) is 1.55. The molecule has 148 valence electrons. The Morgan fingerprint density at radius 2 is 1.89 bits per heavy atom. The van der Waals surface area contributed by atoms with Crippen LogP contribution >= 0.6 is 11.8 Å². The van der Waals surface area contributed by atoms with E-state index in [1.54, 1.807) is 35.2 Å². The summed E-state index contributed by atoms with van der Waals surface area (Å²) in [5.41, 5.74) is 0.584. The van der Waals surface area contributed by atoms with Crippen LogP contribution in [-0.2, 0) is 9.59 Å². The highest BCUT2D eigenvalue weighted by molar-refractivity contribution is 8.18. The molecular weight excluding hydrogens is 378 g/mol. The van der Waals surface area contributed by atoms with Crippen LogP contribution in [0.5, 0.6) is 5.75 Å². The number of thioether (sulfide) groups is 1. The molecule has 0 spiro atoms. The van der Waals surface area contributed by atoms with E-state index in [2.05, 4.69) is 0 Å². The molecular formula is C20H23N3O4S. The average molecular weight is 401 g/mol. The maximum Gasteiger partial charge on any atom is 0.294 e. The minimum absolute atomic E-state index is 0.0351. The topological polar surface area (TPSA) is 90.7 Å². The third-order valence-corrected chi connectivity index (χ3v) is 4.97. The maximum atomic E-state index is 12.7. The molecule has 1 aliphatic heterocycles. The van der Waals surface area contributed by atoms with Crippen LogP contribution in [0.4, 0.5) is 4.79 Å². The zero-order valence-corrected chi connectivity index (χ0v) is 17.2. The van der Waals surface area contributed by atoms with Gasteiger partial charge in [0.15, 0.2) is 6.61 Å². The molecule has 2 rings (SSSR count). The molecule has 1 fully saturated rings. The Morgan fingerprint density at radius 1 is 1.25 bits per heavy atom. The van der Waals surface area contributed by atoms with E-state index in [0.29, 0.717) is 11.3 Å². The number of nitrogens with zero attached hydrogens (tertiary/aromatic N) is 3. The van der Waals surface area contributed by atoms with E-state index < -0.39 is 11.1 Å². The van der Waals surface area contributed by atoms with Crippen molar-refractivity contribution in [3.63, 3.8) is 0 Å². The van der Waals surface area contributed by atoms with E-state index in [9.17, 15) is 14.4 Å². The van der Waals surface area contributed by atoms with Crippen molar-refractivity contribution < 1.29 is 19.1 Å². The Hall–Kier alpha value is -2.79. The summed E-state index contributed by atoms with van der Waals surface area (Å²) >= 11 is 0.787. The number of ether oxygens (including phenoxy) is 1. The number of amides is 3. The molecule has 0 bridgehead atoms. The predicted octanol–water partition coefficient (Wildman–Crippen LogP) is 3.27. The van der Waals surface area contributed by atoms with Crippen LogP contribution in [0.15, 0.2) is 29.2 Å². The Morgan fingerprint density at radius 3 is 2.50 bits per heavy atom. The Bertz CT molecular complexity index is 834. The van der Waals surface area contributed by atoms with Gasteiger partial charge in [-0.3, -0.25) is 19.3 Å². The van der Waals surface area contributed by atoms with E-state index in [1.165, 1.54) is 0 Å². The molecule has 28 heavy (non-hydrogen) atoms. The van der Waals surface area contributed by atoms with Crippen LogP contribution in [0.2, 0.25) is 0 Å². The lowest BCUT2D eigenvalue weighted by atomic mass is 10.2. The number of rotatable bonds is 7. The van der Waals surface area contributed by atoms with E-state index in [4.69, 9.17) is 10.00 Å². The highest BCUT2D eigenvalue weighted by Gasteiger charge is 2.37. The molecule has 0 radical (unpaired) electrons. The van der Waals surface area contributed by atoms with E-state index >= 15 is 0 Å². The van der Waals surface area contributed by atoms with Gasteiger partial charge in [0, 0.05) is 17.6 Å². The zero-order valence-electron chi connectivity index (χ0n) is 16.3. The average Bonchev–Trinajstić information content (AvgIpc) is 2.88. The molecule has 1 aliphatic rings. The van der Waals surface area contributed by atoms with Gasteiger partial charge in [-0.15, -0.1) is 0 Å². The van der Waals surface area contributed by atoms with E-state index in [0.717, 1.165) is 16.7 Å². The fourth-order valence-corrected chi connectivity index (χ4v) is 3.84. The Kier molecular flexibility index (Phi) is 7.24. The lowest BCUT2D eigenvalue weighted by Gasteiger charge is -2.31. The zero-order chi connectivity index (χ0) is 20.8. The lowest BCUT2D eigenvalue weighted by molar-refractivity contribution is -0.138. The number of para-hydroxylation sites is 1. The van der Waals surface area contributed by atoms with Crippen molar-refractivity contribution in [2.24, 2.45) is 0 Å². The second-order valence-electron chi connectivity index (χ2n) is 6.74. The number of carbonyl (C=O) groups excluding carboxylic acids is 3. The molecule has 1 aromatic carbocycles. The Balaban J connectivity index is 2.21. The van der Waals surface area contributed by atoms with Gasteiger partial charge in [0.2, 0.25) is 5.91 Å². The first-order chi connectivity index (χ1) is 13.3. The van der Waals surface area contributed by atoms with Crippen LogP contribution in [0, 0.1) is 11.3 Å². The minimum Gasteiger partial charge on any atom is -0.478 e. The van der Waals surface area contributed by atoms with Crippen molar-refractivity contribution in [1.29, 1.82) is 5.26 Å². The van der Waals surface area contributed by atoms with Crippen LogP contribution in [0.3, 0.4) is 0 Å². The quantitative estimate of drug-likeness (QED) is 0.651. The van der Waals surface area contributed by atoms with Gasteiger partial charge in [-0.2, -0.15) is 5.26 Å². The van der Waals surface area contributed by atoms with Crippen LogP contribution in [0.1, 0.15) is 33.3 Å². The highest BCUT2D eigenvalue weighted by atomic mass is 32.2. The van der Waals surface area contributed by atoms with Gasteiger partial charge < -0.3 is 9.64 Å². The third kappa shape index (κ3) is 4.93. The van der Waals surface area contributed by atoms with Crippen molar-refractivity contribution in [1.82, 2.24) is 9.80 Å². The van der Waals surface area contributed by atoms with Gasteiger partial charge in [0.25, 0.3) is 11.1 Å². The smallest absolute Gasteiger partial charge is 0.294 e. The van der Waals surface area contributed by atoms with Crippen LogP contribution < -0.4 is 4.74 Å². The number of carbonyl (C=O) groups is 3. The molecule has 0 aliphatic carbocycles. The fraction of sp³-hybridized carbons (Fsp3) is 0.400. The first-order valence-electron chi connectivity index (χ1n) is 8.91. The summed E-state index contributed by atoms with van der Waals surface area (Å²) in [5, 5.41) is 8.21. The van der Waals surface area contributed by atoms with Gasteiger partial charge in [-0.05, 0) is 51.6 Å². The largest absolute Gasteiger partial charge is 0.478 e. The van der Waals surface area contributed by atoms with Gasteiger partial charge in [-0.25, -0.2) is 0 Å². The number of imide groups is 1. The molecule has 0 aromatic heterocycles. The normalized spacial score (nSPS) is 15.5. The molecule has 3 amide bonds. The SMILES string of the molecule is CC(C)N(C(=O)CN1C(=O)S/C(=C\c2ccccc2OCC#N)C1=O)C(C)C. The summed E-state index contributed by atoms with van der Waals surface area (Å²) in [6, 6.07) is 8.75. The fourth-order valence-electron chi connectivity index (χ4n) is 3.01.